The second-order valence-corrected chi connectivity index (χ2v) is 3.71. The van der Waals surface area contributed by atoms with E-state index in [0.29, 0.717) is 0 Å². The van der Waals surface area contributed by atoms with E-state index in [1.807, 2.05) is 13.0 Å². The summed E-state index contributed by atoms with van der Waals surface area (Å²) in [6, 6.07) is 1.89. The van der Waals surface area contributed by atoms with Gasteiger partial charge in [0.1, 0.15) is 11.5 Å². The summed E-state index contributed by atoms with van der Waals surface area (Å²) in [5.41, 5.74) is 0.734. The molecule has 1 aliphatic rings. The molecule has 0 N–H and O–H groups in total. The van der Waals surface area contributed by atoms with Crippen LogP contribution in [0.3, 0.4) is 0 Å². The van der Waals surface area contributed by atoms with Crippen LogP contribution in [0.5, 0.6) is 0 Å². The molecule has 2 rings (SSSR count). The Labute approximate surface area is 77.9 Å². The summed E-state index contributed by atoms with van der Waals surface area (Å²) in [6.07, 6.45) is 5.34. The summed E-state index contributed by atoms with van der Waals surface area (Å²) in [5.74, 6) is 2.64. The normalized spacial score (nSPS) is 16.1. The fourth-order valence-electron chi connectivity index (χ4n) is 1.58. The smallest absolute Gasteiger partial charge is 0.153 e. The first-order valence-corrected chi connectivity index (χ1v) is 4.90. The van der Waals surface area contributed by atoms with Crippen molar-refractivity contribution in [2.24, 2.45) is 5.92 Å². The molecule has 0 spiro atoms. The molecular weight excluding hydrogens is 164 g/mol. The van der Waals surface area contributed by atoms with Crippen LogP contribution in [0.2, 0.25) is 0 Å². The second kappa shape index (κ2) is 3.36. The lowest BCUT2D eigenvalue weighted by Gasteiger charge is -1.91. The fraction of sp³-hybridized carbons (Fsp3) is 0.545. The largest absolute Gasteiger partial charge is 0.465 e. The Kier molecular flexibility index (Phi) is 2.21. The average molecular weight is 178 g/mol. The molecule has 0 aromatic carbocycles. The highest BCUT2D eigenvalue weighted by molar-refractivity contribution is 5.76. The number of aryl methyl sites for hydroxylation is 1. The summed E-state index contributed by atoms with van der Waals surface area (Å²) in [6.45, 7) is 2.01. The van der Waals surface area contributed by atoms with Gasteiger partial charge in [-0.2, -0.15) is 0 Å². The molecule has 2 nitrogen and oxygen atoms in total. The lowest BCUT2D eigenvalue weighted by molar-refractivity contribution is 0.112. The molecule has 1 aromatic rings. The maximum absolute atomic E-state index is 10.6. The van der Waals surface area contributed by atoms with Crippen molar-refractivity contribution in [3.05, 3.63) is 23.2 Å². The maximum Gasteiger partial charge on any atom is 0.153 e. The van der Waals surface area contributed by atoms with Gasteiger partial charge in [0.15, 0.2) is 6.29 Å². The van der Waals surface area contributed by atoms with E-state index in [4.69, 9.17) is 4.42 Å². The zero-order valence-corrected chi connectivity index (χ0v) is 7.88. The highest BCUT2D eigenvalue weighted by Gasteiger charge is 2.23. The quantitative estimate of drug-likeness (QED) is 0.663. The van der Waals surface area contributed by atoms with Crippen molar-refractivity contribution in [1.82, 2.24) is 0 Å². The van der Waals surface area contributed by atoms with Crippen LogP contribution in [0.15, 0.2) is 10.5 Å². The Morgan fingerprint density at radius 1 is 1.62 bits per heavy atom. The van der Waals surface area contributed by atoms with Gasteiger partial charge in [-0.25, -0.2) is 0 Å². The molecule has 1 fully saturated rings. The molecule has 1 heterocycles. The number of furan rings is 1. The molecule has 0 aliphatic heterocycles. The summed E-state index contributed by atoms with van der Waals surface area (Å²) in [5, 5.41) is 0. The van der Waals surface area contributed by atoms with Gasteiger partial charge in [0.05, 0.1) is 5.56 Å². The Hall–Kier alpha value is -1.05. The predicted octanol–water partition coefficient (Wildman–Crippen LogP) is 2.61. The Morgan fingerprint density at radius 2 is 2.38 bits per heavy atom. The molecule has 0 radical (unpaired) electrons. The van der Waals surface area contributed by atoms with Crippen LogP contribution in [-0.2, 0) is 12.8 Å². The SMILES string of the molecule is CCc1oc(CC2CC2)cc1C=O. The third-order valence-electron chi connectivity index (χ3n) is 2.53. The molecule has 0 bridgehead atoms. The summed E-state index contributed by atoms with van der Waals surface area (Å²) in [4.78, 5) is 10.6. The summed E-state index contributed by atoms with van der Waals surface area (Å²) >= 11 is 0. The van der Waals surface area contributed by atoms with E-state index in [9.17, 15) is 4.79 Å². The van der Waals surface area contributed by atoms with Gasteiger partial charge in [0.2, 0.25) is 0 Å². The van der Waals surface area contributed by atoms with Crippen LogP contribution >= 0.6 is 0 Å². The summed E-state index contributed by atoms with van der Waals surface area (Å²) < 4.78 is 5.57. The predicted molar refractivity (Wildman–Crippen MR) is 49.9 cm³/mol. The zero-order valence-electron chi connectivity index (χ0n) is 7.88. The highest BCUT2D eigenvalue weighted by Crippen LogP contribution is 2.33. The third-order valence-corrected chi connectivity index (χ3v) is 2.53. The monoisotopic (exact) mass is 178 g/mol. The molecule has 1 aliphatic carbocycles. The Balaban J connectivity index is 2.16. The van der Waals surface area contributed by atoms with Gasteiger partial charge in [0.25, 0.3) is 0 Å². The van der Waals surface area contributed by atoms with E-state index in [2.05, 4.69) is 0 Å². The van der Waals surface area contributed by atoms with E-state index >= 15 is 0 Å². The van der Waals surface area contributed by atoms with Crippen molar-refractivity contribution in [3.63, 3.8) is 0 Å². The Bertz CT molecular complexity index is 308. The van der Waals surface area contributed by atoms with Crippen molar-refractivity contribution < 1.29 is 9.21 Å². The minimum atomic E-state index is 0.734. The van der Waals surface area contributed by atoms with Gasteiger partial charge in [-0.3, -0.25) is 4.79 Å². The van der Waals surface area contributed by atoms with Crippen LogP contribution in [0.1, 0.15) is 41.6 Å². The fourth-order valence-corrected chi connectivity index (χ4v) is 1.58. The van der Waals surface area contributed by atoms with Crippen molar-refractivity contribution >= 4 is 6.29 Å². The van der Waals surface area contributed by atoms with Crippen molar-refractivity contribution in [2.75, 3.05) is 0 Å². The molecule has 2 heteroatoms. The molecule has 70 valence electrons. The highest BCUT2D eigenvalue weighted by atomic mass is 16.3. The Morgan fingerprint density at radius 3 is 2.85 bits per heavy atom. The zero-order chi connectivity index (χ0) is 9.26. The van der Waals surface area contributed by atoms with Gasteiger partial charge in [-0.1, -0.05) is 6.92 Å². The molecule has 1 saturated carbocycles. The second-order valence-electron chi connectivity index (χ2n) is 3.71. The van der Waals surface area contributed by atoms with E-state index in [0.717, 1.165) is 42.1 Å². The molecule has 0 saturated heterocycles. The van der Waals surface area contributed by atoms with Gasteiger partial charge in [-0.15, -0.1) is 0 Å². The maximum atomic E-state index is 10.6. The molecule has 0 atom stereocenters. The van der Waals surface area contributed by atoms with Gasteiger partial charge < -0.3 is 4.42 Å². The van der Waals surface area contributed by atoms with E-state index < -0.39 is 0 Å². The number of hydrogen-bond donors (Lipinski definition) is 0. The minimum Gasteiger partial charge on any atom is -0.465 e. The number of aldehydes is 1. The van der Waals surface area contributed by atoms with Crippen LogP contribution in [0, 0.1) is 5.92 Å². The first-order chi connectivity index (χ1) is 6.33. The van der Waals surface area contributed by atoms with E-state index in [1.165, 1.54) is 12.8 Å². The molecular formula is C11H14O2. The average Bonchev–Trinajstić information content (AvgIpc) is 2.84. The van der Waals surface area contributed by atoms with Crippen LogP contribution in [0.4, 0.5) is 0 Å². The van der Waals surface area contributed by atoms with Gasteiger partial charge in [-0.05, 0) is 24.8 Å². The minimum absolute atomic E-state index is 0.734. The van der Waals surface area contributed by atoms with E-state index in [1.54, 1.807) is 0 Å². The topological polar surface area (TPSA) is 30.2 Å². The van der Waals surface area contributed by atoms with Crippen LogP contribution < -0.4 is 0 Å². The lowest BCUT2D eigenvalue weighted by Crippen LogP contribution is -1.81. The molecule has 1 aromatic heterocycles. The van der Waals surface area contributed by atoms with Crippen LogP contribution in [0.25, 0.3) is 0 Å². The van der Waals surface area contributed by atoms with Crippen molar-refractivity contribution in [2.45, 2.75) is 32.6 Å². The van der Waals surface area contributed by atoms with Crippen molar-refractivity contribution in [3.8, 4) is 0 Å². The number of hydrogen-bond acceptors (Lipinski definition) is 2. The van der Waals surface area contributed by atoms with Gasteiger partial charge in [0, 0.05) is 12.8 Å². The van der Waals surface area contributed by atoms with E-state index in [-0.39, 0.29) is 0 Å². The van der Waals surface area contributed by atoms with Crippen LogP contribution in [-0.4, -0.2) is 6.29 Å². The first kappa shape index (κ1) is 8.54. The number of carbonyl (C=O) groups is 1. The third kappa shape index (κ3) is 1.82. The lowest BCUT2D eigenvalue weighted by atomic mass is 10.2. The summed E-state index contributed by atoms with van der Waals surface area (Å²) in [7, 11) is 0. The first-order valence-electron chi connectivity index (χ1n) is 4.90. The molecule has 13 heavy (non-hydrogen) atoms. The van der Waals surface area contributed by atoms with Crippen molar-refractivity contribution in [1.29, 1.82) is 0 Å². The number of carbonyl (C=O) groups excluding carboxylic acids is 1. The number of rotatable bonds is 4. The molecule has 0 unspecified atom stereocenters. The standard InChI is InChI=1S/C11H14O2/c1-2-11-9(7-12)6-10(13-11)5-8-3-4-8/h6-8H,2-5H2,1H3. The molecule has 0 amide bonds. The van der Waals surface area contributed by atoms with Gasteiger partial charge >= 0.3 is 0 Å².